The maximum atomic E-state index is 6.01. The summed E-state index contributed by atoms with van der Waals surface area (Å²) in [5.74, 6) is 2.06. The summed E-state index contributed by atoms with van der Waals surface area (Å²) in [6, 6.07) is 16.8. The van der Waals surface area contributed by atoms with Crippen molar-refractivity contribution in [2.75, 3.05) is 13.2 Å². The molecule has 1 aliphatic heterocycles. The zero-order chi connectivity index (χ0) is 17.2. The summed E-state index contributed by atoms with van der Waals surface area (Å²) in [7, 11) is 0. The number of ether oxygens (including phenoxy) is 2. The van der Waals surface area contributed by atoms with Crippen LogP contribution in [0.5, 0.6) is 11.5 Å². The Morgan fingerprint density at radius 2 is 0.960 bits per heavy atom. The van der Waals surface area contributed by atoms with Crippen LogP contribution in [0.1, 0.15) is 43.2 Å². The number of hydrogen-bond acceptors (Lipinski definition) is 2. The van der Waals surface area contributed by atoms with Crippen molar-refractivity contribution in [3.63, 3.8) is 0 Å². The van der Waals surface area contributed by atoms with Crippen molar-refractivity contribution in [1.29, 1.82) is 0 Å². The van der Waals surface area contributed by atoms with Crippen LogP contribution >= 0.6 is 0 Å². The number of para-hydroxylation sites is 2. The molecule has 0 N–H and O–H groups in total. The fraction of sp³-hybridized carbons (Fsp3) is 0.391. The molecule has 2 heteroatoms. The first-order valence-electron chi connectivity index (χ1n) is 9.50. The molecule has 0 aromatic heterocycles. The highest BCUT2D eigenvalue weighted by Crippen LogP contribution is 2.22. The van der Waals surface area contributed by atoms with Crippen molar-refractivity contribution >= 4 is 0 Å². The van der Waals surface area contributed by atoms with Crippen LogP contribution in [0, 0.1) is 0 Å². The van der Waals surface area contributed by atoms with Gasteiger partial charge in [-0.15, -0.1) is 0 Å². The van der Waals surface area contributed by atoms with E-state index in [-0.39, 0.29) is 0 Å². The van der Waals surface area contributed by atoms with Gasteiger partial charge in [-0.2, -0.15) is 0 Å². The smallest absolute Gasteiger partial charge is 0.122 e. The molecule has 0 radical (unpaired) electrons. The first kappa shape index (κ1) is 17.6. The van der Waals surface area contributed by atoms with Crippen LogP contribution in [0.15, 0.2) is 60.7 Å². The molecular formula is C23H28O2. The Balaban J connectivity index is 1.71. The van der Waals surface area contributed by atoms with Gasteiger partial charge in [0.25, 0.3) is 0 Å². The average Bonchev–Trinajstić information content (AvgIpc) is 2.65. The molecule has 2 nitrogen and oxygen atoms in total. The van der Waals surface area contributed by atoms with Gasteiger partial charge in [-0.1, -0.05) is 67.8 Å². The predicted molar refractivity (Wildman–Crippen MR) is 104 cm³/mol. The minimum Gasteiger partial charge on any atom is -0.493 e. The molecule has 2 aromatic carbocycles. The van der Waals surface area contributed by atoms with Crippen LogP contribution in [0.2, 0.25) is 0 Å². The fourth-order valence-electron chi connectivity index (χ4n) is 3.15. The van der Waals surface area contributed by atoms with Crippen LogP contribution in [0.3, 0.4) is 0 Å². The van der Waals surface area contributed by atoms with Crippen molar-refractivity contribution < 1.29 is 9.47 Å². The van der Waals surface area contributed by atoms with E-state index in [9.17, 15) is 0 Å². The number of hydrogen-bond donors (Lipinski definition) is 0. The second kappa shape index (κ2) is 9.93. The van der Waals surface area contributed by atoms with Crippen LogP contribution in [-0.4, -0.2) is 13.2 Å². The lowest BCUT2D eigenvalue weighted by molar-refractivity contribution is 0.291. The van der Waals surface area contributed by atoms with Crippen molar-refractivity contribution in [1.82, 2.24) is 0 Å². The fourth-order valence-corrected chi connectivity index (χ4v) is 3.15. The van der Waals surface area contributed by atoms with Gasteiger partial charge in [-0.25, -0.2) is 0 Å². The van der Waals surface area contributed by atoms with Gasteiger partial charge in [-0.3, -0.25) is 0 Å². The first-order chi connectivity index (χ1) is 12.4. The van der Waals surface area contributed by atoms with Gasteiger partial charge in [0.2, 0.25) is 0 Å². The van der Waals surface area contributed by atoms with Gasteiger partial charge in [0.05, 0.1) is 13.2 Å². The summed E-state index contributed by atoms with van der Waals surface area (Å²) < 4.78 is 12.0. The van der Waals surface area contributed by atoms with Crippen LogP contribution in [-0.2, 0) is 12.8 Å². The lowest BCUT2D eigenvalue weighted by Gasteiger charge is -2.10. The molecule has 1 heterocycles. The largest absolute Gasteiger partial charge is 0.493 e. The lowest BCUT2D eigenvalue weighted by Crippen LogP contribution is -2.01. The highest BCUT2D eigenvalue weighted by Gasteiger charge is 2.04. The van der Waals surface area contributed by atoms with Gasteiger partial charge >= 0.3 is 0 Å². The third kappa shape index (κ3) is 5.67. The Kier molecular flexibility index (Phi) is 6.99. The van der Waals surface area contributed by atoms with Crippen molar-refractivity contribution in [3.8, 4) is 11.5 Å². The molecule has 0 amide bonds. The molecule has 2 aromatic rings. The van der Waals surface area contributed by atoms with E-state index in [0.29, 0.717) is 0 Å². The quantitative estimate of drug-likeness (QED) is 0.570. The van der Waals surface area contributed by atoms with E-state index in [1.54, 1.807) is 0 Å². The van der Waals surface area contributed by atoms with Gasteiger partial charge in [0.15, 0.2) is 0 Å². The van der Waals surface area contributed by atoms with Crippen LogP contribution < -0.4 is 9.47 Å². The van der Waals surface area contributed by atoms with E-state index in [1.807, 2.05) is 0 Å². The Hall–Kier alpha value is -2.22. The summed E-state index contributed by atoms with van der Waals surface area (Å²) in [4.78, 5) is 0. The van der Waals surface area contributed by atoms with Crippen molar-refractivity contribution in [3.05, 3.63) is 71.8 Å². The minimum atomic E-state index is 0.808. The summed E-state index contributed by atoms with van der Waals surface area (Å²) in [6.07, 6.45) is 12.2. The Bertz CT molecular complexity index is 618. The third-order valence-corrected chi connectivity index (χ3v) is 4.59. The molecule has 0 saturated carbocycles. The Morgan fingerprint density at radius 1 is 0.520 bits per heavy atom. The summed E-state index contributed by atoms with van der Waals surface area (Å²) >= 11 is 0. The second-order valence-corrected chi connectivity index (χ2v) is 6.56. The third-order valence-electron chi connectivity index (χ3n) is 4.59. The number of rotatable bonds is 0. The van der Waals surface area contributed by atoms with Gasteiger partial charge in [0.1, 0.15) is 11.5 Å². The predicted octanol–water partition coefficient (Wildman–Crippen LogP) is 5.75. The summed E-state index contributed by atoms with van der Waals surface area (Å²) in [5.41, 5.74) is 2.51. The monoisotopic (exact) mass is 336 g/mol. The molecule has 1 aliphatic rings. The first-order valence-corrected chi connectivity index (χ1v) is 9.50. The highest BCUT2D eigenvalue weighted by atomic mass is 16.5. The highest BCUT2D eigenvalue weighted by molar-refractivity contribution is 5.36. The Morgan fingerprint density at radius 3 is 1.48 bits per heavy atom. The van der Waals surface area contributed by atoms with E-state index < -0.39 is 0 Å². The second-order valence-electron chi connectivity index (χ2n) is 6.56. The van der Waals surface area contributed by atoms with Gasteiger partial charge < -0.3 is 9.47 Å². The maximum Gasteiger partial charge on any atom is 0.122 e. The van der Waals surface area contributed by atoms with Crippen LogP contribution in [0.25, 0.3) is 0 Å². The molecule has 0 unspecified atom stereocenters. The number of allylic oxidation sites excluding steroid dienone is 2. The molecule has 132 valence electrons. The standard InChI is InChI=1S/C23H28O2/c1-2-10-18-24-22-16-8-6-14-20(22)12-4-5-13-21-15-7-9-17-23(21)25-19-11-3-1/h4-9,14-17H,1-3,10-13,18-19H2/b5-4+. The van der Waals surface area contributed by atoms with Crippen LogP contribution in [0.4, 0.5) is 0 Å². The average molecular weight is 336 g/mol. The summed E-state index contributed by atoms with van der Waals surface area (Å²) in [5, 5.41) is 0. The van der Waals surface area contributed by atoms with E-state index in [0.717, 1.165) is 50.4 Å². The SMILES string of the molecule is C1=C/Cc2ccccc2OCCCCCCCOc2ccccc2C/1. The lowest BCUT2D eigenvalue weighted by atomic mass is 10.1. The van der Waals surface area contributed by atoms with E-state index in [4.69, 9.17) is 9.47 Å². The Labute approximate surface area is 151 Å². The summed E-state index contributed by atoms with van der Waals surface area (Å²) in [6.45, 7) is 1.62. The molecule has 0 aliphatic carbocycles. The minimum absolute atomic E-state index is 0.808. The van der Waals surface area contributed by atoms with Gasteiger partial charge in [-0.05, 0) is 48.9 Å². The van der Waals surface area contributed by atoms with Crippen molar-refractivity contribution in [2.24, 2.45) is 0 Å². The molecular weight excluding hydrogens is 308 g/mol. The van der Waals surface area contributed by atoms with Crippen molar-refractivity contribution in [2.45, 2.75) is 44.9 Å². The molecule has 25 heavy (non-hydrogen) atoms. The number of benzene rings is 2. The molecule has 0 saturated heterocycles. The molecule has 0 atom stereocenters. The maximum absolute atomic E-state index is 6.01. The molecule has 0 spiro atoms. The van der Waals surface area contributed by atoms with E-state index in [1.165, 1.54) is 30.4 Å². The molecule has 0 fully saturated rings. The topological polar surface area (TPSA) is 18.5 Å². The number of fused-ring (bicyclic) bond motifs is 2. The van der Waals surface area contributed by atoms with E-state index >= 15 is 0 Å². The van der Waals surface area contributed by atoms with Gasteiger partial charge in [0, 0.05) is 0 Å². The normalized spacial score (nSPS) is 17.9. The zero-order valence-electron chi connectivity index (χ0n) is 15.0. The molecule has 0 bridgehead atoms. The molecule has 3 rings (SSSR count). The van der Waals surface area contributed by atoms with E-state index in [2.05, 4.69) is 60.7 Å². The zero-order valence-corrected chi connectivity index (χ0v) is 15.0.